The summed E-state index contributed by atoms with van der Waals surface area (Å²) < 4.78 is 11.2. The number of rotatable bonds is 6. The Morgan fingerprint density at radius 3 is 2.58 bits per heavy atom. The first-order valence-electron chi connectivity index (χ1n) is 7.25. The second kappa shape index (κ2) is 7.51. The normalized spacial score (nSPS) is 23.3. The molecule has 3 heteroatoms. The molecule has 3 nitrogen and oxygen atoms in total. The van der Waals surface area contributed by atoms with Crippen molar-refractivity contribution in [3.05, 3.63) is 29.8 Å². The van der Waals surface area contributed by atoms with Gasteiger partial charge in [-0.25, -0.2) is 0 Å². The fourth-order valence-corrected chi connectivity index (χ4v) is 2.75. The maximum Gasteiger partial charge on any atom is 0.118 e. The number of nitrogens with one attached hydrogen (secondary N) is 1. The fraction of sp³-hybridized carbons (Fsp3) is 0.625. The average Bonchev–Trinajstić information content (AvgIpc) is 2.48. The van der Waals surface area contributed by atoms with Crippen LogP contribution in [-0.4, -0.2) is 32.9 Å². The lowest BCUT2D eigenvalue weighted by Crippen LogP contribution is -2.42. The van der Waals surface area contributed by atoms with Crippen molar-refractivity contribution in [2.75, 3.05) is 20.8 Å². The summed E-state index contributed by atoms with van der Waals surface area (Å²) in [4.78, 5) is 0. The molecule has 2 unspecified atom stereocenters. The molecule has 19 heavy (non-hydrogen) atoms. The summed E-state index contributed by atoms with van der Waals surface area (Å²) in [6.45, 7) is 0.801. The van der Waals surface area contributed by atoms with Crippen molar-refractivity contribution >= 4 is 0 Å². The van der Waals surface area contributed by atoms with Gasteiger partial charge in [-0.1, -0.05) is 25.0 Å². The van der Waals surface area contributed by atoms with E-state index >= 15 is 0 Å². The van der Waals surface area contributed by atoms with Gasteiger partial charge in [0, 0.05) is 6.04 Å². The standard InChI is InChI=1S/C16H25NO2/c1-17-15-5-3-4-6-16(15)19-12-11-13-7-9-14(18-2)10-8-13/h7-10,15-17H,3-6,11-12H2,1-2H3. The zero-order valence-electron chi connectivity index (χ0n) is 12.0. The van der Waals surface area contributed by atoms with Crippen LogP contribution in [0.15, 0.2) is 24.3 Å². The summed E-state index contributed by atoms with van der Waals surface area (Å²) in [6.07, 6.45) is 6.40. The molecule has 2 rings (SSSR count). The third-order valence-electron chi connectivity index (χ3n) is 3.96. The smallest absolute Gasteiger partial charge is 0.118 e. The van der Waals surface area contributed by atoms with Gasteiger partial charge in [0.25, 0.3) is 0 Å². The molecule has 0 spiro atoms. The number of hydrogen-bond acceptors (Lipinski definition) is 3. The van der Waals surface area contributed by atoms with E-state index in [-0.39, 0.29) is 0 Å². The maximum absolute atomic E-state index is 6.05. The molecule has 1 N–H and O–H groups in total. The average molecular weight is 263 g/mol. The van der Waals surface area contributed by atoms with E-state index < -0.39 is 0 Å². The first-order chi connectivity index (χ1) is 9.33. The monoisotopic (exact) mass is 263 g/mol. The van der Waals surface area contributed by atoms with Crippen molar-refractivity contribution in [2.24, 2.45) is 0 Å². The second-order valence-electron chi connectivity index (χ2n) is 5.19. The van der Waals surface area contributed by atoms with Crippen LogP contribution in [0.2, 0.25) is 0 Å². The molecule has 0 bridgehead atoms. The van der Waals surface area contributed by atoms with Gasteiger partial charge in [-0.15, -0.1) is 0 Å². The predicted molar refractivity (Wildman–Crippen MR) is 77.8 cm³/mol. The third-order valence-corrected chi connectivity index (χ3v) is 3.96. The molecular formula is C16H25NO2. The van der Waals surface area contributed by atoms with E-state index in [2.05, 4.69) is 17.4 Å². The van der Waals surface area contributed by atoms with Crippen LogP contribution in [0.5, 0.6) is 5.75 Å². The van der Waals surface area contributed by atoms with E-state index in [1.54, 1.807) is 7.11 Å². The van der Waals surface area contributed by atoms with Crippen molar-refractivity contribution in [3.63, 3.8) is 0 Å². The van der Waals surface area contributed by atoms with E-state index in [1.807, 2.05) is 19.2 Å². The predicted octanol–water partition coefficient (Wildman–Crippen LogP) is 2.78. The van der Waals surface area contributed by atoms with E-state index in [0.29, 0.717) is 12.1 Å². The van der Waals surface area contributed by atoms with Crippen molar-refractivity contribution in [2.45, 2.75) is 44.2 Å². The van der Waals surface area contributed by atoms with Gasteiger partial charge in [0.05, 0.1) is 19.8 Å². The molecule has 1 aliphatic rings. The van der Waals surface area contributed by atoms with Gasteiger partial charge >= 0.3 is 0 Å². The molecule has 1 aliphatic carbocycles. The molecule has 1 aromatic carbocycles. The van der Waals surface area contributed by atoms with Crippen molar-refractivity contribution in [1.82, 2.24) is 5.32 Å². The summed E-state index contributed by atoms with van der Waals surface area (Å²) in [7, 11) is 3.73. The number of benzene rings is 1. The Bertz CT molecular complexity index is 364. The Hall–Kier alpha value is -1.06. The topological polar surface area (TPSA) is 30.5 Å². The van der Waals surface area contributed by atoms with Gasteiger partial charge in [0.15, 0.2) is 0 Å². The van der Waals surface area contributed by atoms with Gasteiger partial charge in [0.1, 0.15) is 5.75 Å². The van der Waals surface area contributed by atoms with Crippen molar-refractivity contribution < 1.29 is 9.47 Å². The second-order valence-corrected chi connectivity index (χ2v) is 5.19. The maximum atomic E-state index is 6.05. The van der Waals surface area contributed by atoms with Crippen molar-refractivity contribution in [3.8, 4) is 5.75 Å². The highest BCUT2D eigenvalue weighted by Gasteiger charge is 2.23. The van der Waals surface area contributed by atoms with Gasteiger partial charge in [-0.2, -0.15) is 0 Å². The quantitative estimate of drug-likeness (QED) is 0.856. The molecule has 1 aromatic rings. The lowest BCUT2D eigenvalue weighted by Gasteiger charge is -2.31. The third kappa shape index (κ3) is 4.22. The largest absolute Gasteiger partial charge is 0.497 e. The fourth-order valence-electron chi connectivity index (χ4n) is 2.75. The Kier molecular flexibility index (Phi) is 5.67. The van der Waals surface area contributed by atoms with Crippen LogP contribution in [0, 0.1) is 0 Å². The lowest BCUT2D eigenvalue weighted by atomic mass is 9.92. The van der Waals surface area contributed by atoms with Crippen LogP contribution in [0.1, 0.15) is 31.2 Å². The molecule has 1 saturated carbocycles. The number of methoxy groups -OCH3 is 1. The number of ether oxygens (including phenoxy) is 2. The van der Waals surface area contributed by atoms with Crippen LogP contribution in [0.4, 0.5) is 0 Å². The molecule has 2 atom stereocenters. The first kappa shape index (κ1) is 14.4. The molecule has 0 aliphatic heterocycles. The highest BCUT2D eigenvalue weighted by molar-refractivity contribution is 5.27. The minimum atomic E-state index is 0.386. The van der Waals surface area contributed by atoms with Gasteiger partial charge in [-0.3, -0.25) is 0 Å². The minimum Gasteiger partial charge on any atom is -0.497 e. The Balaban J connectivity index is 1.75. The highest BCUT2D eigenvalue weighted by Crippen LogP contribution is 2.21. The van der Waals surface area contributed by atoms with Crippen molar-refractivity contribution in [1.29, 1.82) is 0 Å². The van der Waals surface area contributed by atoms with Crippen LogP contribution < -0.4 is 10.1 Å². The summed E-state index contributed by atoms with van der Waals surface area (Å²) in [5, 5.41) is 3.38. The Morgan fingerprint density at radius 2 is 1.89 bits per heavy atom. The van der Waals surface area contributed by atoms with Crippen LogP contribution in [0.25, 0.3) is 0 Å². The summed E-state index contributed by atoms with van der Waals surface area (Å²) in [5.74, 6) is 0.909. The van der Waals surface area contributed by atoms with Crippen LogP contribution in [-0.2, 0) is 11.2 Å². The van der Waals surface area contributed by atoms with E-state index in [4.69, 9.17) is 9.47 Å². The van der Waals surface area contributed by atoms with E-state index in [9.17, 15) is 0 Å². The zero-order valence-corrected chi connectivity index (χ0v) is 12.0. The molecule has 0 radical (unpaired) electrons. The molecule has 1 fully saturated rings. The lowest BCUT2D eigenvalue weighted by molar-refractivity contribution is 0.00877. The summed E-state index contributed by atoms with van der Waals surface area (Å²) in [5.41, 5.74) is 1.30. The summed E-state index contributed by atoms with van der Waals surface area (Å²) in [6, 6.07) is 8.76. The Labute approximate surface area is 116 Å². The minimum absolute atomic E-state index is 0.386. The van der Waals surface area contributed by atoms with E-state index in [0.717, 1.165) is 18.8 Å². The van der Waals surface area contributed by atoms with Gasteiger partial charge in [-0.05, 0) is 44.0 Å². The molecular weight excluding hydrogens is 238 g/mol. The van der Waals surface area contributed by atoms with Gasteiger partial charge in [0.2, 0.25) is 0 Å². The number of hydrogen-bond donors (Lipinski definition) is 1. The summed E-state index contributed by atoms with van der Waals surface area (Å²) >= 11 is 0. The zero-order chi connectivity index (χ0) is 13.5. The molecule has 0 aromatic heterocycles. The first-order valence-corrected chi connectivity index (χ1v) is 7.25. The molecule has 0 amide bonds. The SMILES string of the molecule is CNC1CCCCC1OCCc1ccc(OC)cc1. The van der Waals surface area contributed by atoms with E-state index in [1.165, 1.54) is 31.2 Å². The highest BCUT2D eigenvalue weighted by atomic mass is 16.5. The molecule has 0 saturated heterocycles. The van der Waals surface area contributed by atoms with Crippen LogP contribution in [0.3, 0.4) is 0 Å². The Morgan fingerprint density at radius 1 is 1.16 bits per heavy atom. The number of likely N-dealkylation sites (N-methyl/N-ethyl adjacent to an activating group) is 1. The molecule has 106 valence electrons. The van der Waals surface area contributed by atoms with Gasteiger partial charge < -0.3 is 14.8 Å². The molecule has 0 heterocycles. The van der Waals surface area contributed by atoms with Crippen LogP contribution >= 0.6 is 0 Å².